The number of anilines is 2. The second-order valence-electron chi connectivity index (χ2n) is 3.61. The lowest BCUT2D eigenvalue weighted by Gasteiger charge is -2.07. The predicted molar refractivity (Wildman–Crippen MR) is 64.7 cm³/mol. The maximum absolute atomic E-state index is 11.7. The van der Waals surface area contributed by atoms with E-state index in [9.17, 15) is 4.79 Å². The van der Waals surface area contributed by atoms with Gasteiger partial charge >= 0.3 is 0 Å². The molecule has 17 heavy (non-hydrogen) atoms. The summed E-state index contributed by atoms with van der Waals surface area (Å²) in [6.45, 7) is 2.03. The van der Waals surface area contributed by atoms with Crippen molar-refractivity contribution in [2.24, 2.45) is 0 Å². The Kier molecular flexibility index (Phi) is 3.09. The highest BCUT2D eigenvalue weighted by Crippen LogP contribution is 2.18. The van der Waals surface area contributed by atoms with Crippen molar-refractivity contribution in [3.05, 3.63) is 41.8 Å². The van der Waals surface area contributed by atoms with Gasteiger partial charge in [0, 0.05) is 17.4 Å². The summed E-state index contributed by atoms with van der Waals surface area (Å²) in [7, 11) is 0. The monoisotopic (exact) mass is 231 g/mol. The number of benzene rings is 1. The minimum atomic E-state index is -0.317. The predicted octanol–water partition coefficient (Wildman–Crippen LogP) is 2.07. The van der Waals surface area contributed by atoms with Crippen molar-refractivity contribution in [2.45, 2.75) is 13.3 Å². The molecule has 0 saturated carbocycles. The van der Waals surface area contributed by atoms with Crippen LogP contribution in [0.25, 0.3) is 0 Å². The van der Waals surface area contributed by atoms with E-state index in [1.165, 1.54) is 12.3 Å². The number of nitrogens with two attached hydrogens (primary N) is 1. The molecule has 1 amide bonds. The summed E-state index contributed by atoms with van der Waals surface area (Å²) in [5.41, 5.74) is 8.46. The number of hydrogen-bond acceptors (Lipinski definition) is 4. The molecular weight excluding hydrogens is 218 g/mol. The average molecular weight is 231 g/mol. The molecule has 0 radical (unpaired) electrons. The van der Waals surface area contributed by atoms with E-state index in [-0.39, 0.29) is 11.6 Å². The summed E-state index contributed by atoms with van der Waals surface area (Å²) in [6, 6.07) is 6.94. The van der Waals surface area contributed by atoms with Gasteiger partial charge in [-0.25, -0.2) is 0 Å². The molecule has 0 bridgehead atoms. The smallest absolute Gasteiger partial charge is 0.277 e. The maximum Gasteiger partial charge on any atom is 0.277 e. The first-order valence-corrected chi connectivity index (χ1v) is 5.31. The third-order valence-electron chi connectivity index (χ3n) is 2.46. The summed E-state index contributed by atoms with van der Waals surface area (Å²) in [4.78, 5) is 11.7. The van der Waals surface area contributed by atoms with Crippen LogP contribution in [0.5, 0.6) is 0 Å². The first-order chi connectivity index (χ1) is 8.20. The molecular formula is C12H13N3O2. The second kappa shape index (κ2) is 4.69. The van der Waals surface area contributed by atoms with Crippen LogP contribution in [-0.4, -0.2) is 11.1 Å². The summed E-state index contributed by atoms with van der Waals surface area (Å²) >= 11 is 0. The number of nitrogens with zero attached hydrogens (tertiary/aromatic N) is 1. The van der Waals surface area contributed by atoms with Gasteiger partial charge in [-0.15, -0.1) is 0 Å². The van der Waals surface area contributed by atoms with Gasteiger partial charge < -0.3 is 15.6 Å². The standard InChI is InChI=1S/C12H13N3O2/c1-2-8-3-4-9(7-10(8)13)14-12(16)11-5-6-17-15-11/h3-7H,2,13H2,1H3,(H,14,16). The van der Waals surface area contributed by atoms with Crippen LogP contribution in [0.15, 0.2) is 35.1 Å². The van der Waals surface area contributed by atoms with Crippen LogP contribution in [0, 0.1) is 0 Å². The van der Waals surface area contributed by atoms with Gasteiger partial charge in [0.2, 0.25) is 0 Å². The second-order valence-corrected chi connectivity index (χ2v) is 3.61. The number of carbonyl (C=O) groups is 1. The molecule has 0 atom stereocenters. The lowest BCUT2D eigenvalue weighted by molar-refractivity contribution is 0.101. The zero-order valence-corrected chi connectivity index (χ0v) is 9.43. The van der Waals surface area contributed by atoms with Gasteiger partial charge in [-0.3, -0.25) is 4.79 Å². The molecule has 5 heteroatoms. The number of amides is 1. The zero-order chi connectivity index (χ0) is 12.3. The molecule has 0 saturated heterocycles. The van der Waals surface area contributed by atoms with Crippen LogP contribution in [0.2, 0.25) is 0 Å². The molecule has 0 unspecified atom stereocenters. The van der Waals surface area contributed by atoms with Crippen molar-refractivity contribution in [3.8, 4) is 0 Å². The Morgan fingerprint density at radius 1 is 1.47 bits per heavy atom. The highest BCUT2D eigenvalue weighted by atomic mass is 16.5. The molecule has 3 N–H and O–H groups in total. The molecule has 0 aliphatic carbocycles. The first kappa shape index (κ1) is 11.2. The van der Waals surface area contributed by atoms with E-state index in [0.717, 1.165) is 12.0 Å². The molecule has 2 rings (SSSR count). The molecule has 1 aromatic carbocycles. The molecule has 0 aliphatic rings. The topological polar surface area (TPSA) is 81.2 Å². The first-order valence-electron chi connectivity index (χ1n) is 5.31. The third kappa shape index (κ3) is 2.44. The summed E-state index contributed by atoms with van der Waals surface area (Å²) < 4.78 is 4.60. The number of aryl methyl sites for hydroxylation is 1. The van der Waals surface area contributed by atoms with E-state index < -0.39 is 0 Å². The van der Waals surface area contributed by atoms with Gasteiger partial charge in [0.25, 0.3) is 5.91 Å². The van der Waals surface area contributed by atoms with E-state index in [4.69, 9.17) is 5.73 Å². The molecule has 0 fully saturated rings. The minimum Gasteiger partial charge on any atom is -0.398 e. The maximum atomic E-state index is 11.7. The van der Waals surface area contributed by atoms with E-state index in [1.54, 1.807) is 6.07 Å². The lowest BCUT2D eigenvalue weighted by Crippen LogP contribution is -2.12. The zero-order valence-electron chi connectivity index (χ0n) is 9.43. The van der Waals surface area contributed by atoms with Crippen LogP contribution in [-0.2, 0) is 6.42 Å². The fourth-order valence-electron chi connectivity index (χ4n) is 1.52. The quantitative estimate of drug-likeness (QED) is 0.792. The van der Waals surface area contributed by atoms with E-state index in [2.05, 4.69) is 15.0 Å². The summed E-state index contributed by atoms with van der Waals surface area (Å²) in [5, 5.41) is 6.25. The largest absolute Gasteiger partial charge is 0.398 e. The molecule has 5 nitrogen and oxygen atoms in total. The lowest BCUT2D eigenvalue weighted by atomic mass is 10.1. The average Bonchev–Trinajstić information content (AvgIpc) is 2.82. The van der Waals surface area contributed by atoms with Crippen molar-refractivity contribution in [2.75, 3.05) is 11.1 Å². The Labute approximate surface area is 98.6 Å². The van der Waals surface area contributed by atoms with Gasteiger partial charge in [-0.05, 0) is 24.1 Å². The van der Waals surface area contributed by atoms with Crippen LogP contribution < -0.4 is 11.1 Å². The SMILES string of the molecule is CCc1ccc(NC(=O)c2ccon2)cc1N. The van der Waals surface area contributed by atoms with Crippen molar-refractivity contribution >= 4 is 17.3 Å². The summed E-state index contributed by atoms with van der Waals surface area (Å²) in [6.07, 6.45) is 2.22. The summed E-state index contributed by atoms with van der Waals surface area (Å²) in [5.74, 6) is -0.317. The van der Waals surface area contributed by atoms with Crippen molar-refractivity contribution < 1.29 is 9.32 Å². The third-order valence-corrected chi connectivity index (χ3v) is 2.46. The Bertz CT molecular complexity index is 521. The normalized spacial score (nSPS) is 10.2. The Hall–Kier alpha value is -2.30. The molecule has 2 aromatic rings. The number of nitrogens with one attached hydrogen (secondary N) is 1. The van der Waals surface area contributed by atoms with Gasteiger partial charge in [0.05, 0.1) is 0 Å². The fourth-order valence-corrected chi connectivity index (χ4v) is 1.52. The van der Waals surface area contributed by atoms with Crippen molar-refractivity contribution in [3.63, 3.8) is 0 Å². The van der Waals surface area contributed by atoms with E-state index >= 15 is 0 Å². The molecule has 1 heterocycles. The van der Waals surface area contributed by atoms with Gasteiger partial charge in [0.1, 0.15) is 6.26 Å². The van der Waals surface area contributed by atoms with Crippen LogP contribution in [0.3, 0.4) is 0 Å². The molecule has 0 aliphatic heterocycles. The van der Waals surface area contributed by atoms with Crippen molar-refractivity contribution in [1.29, 1.82) is 0 Å². The van der Waals surface area contributed by atoms with Gasteiger partial charge in [0.15, 0.2) is 5.69 Å². The molecule has 0 spiro atoms. The van der Waals surface area contributed by atoms with E-state index in [0.29, 0.717) is 11.4 Å². The highest BCUT2D eigenvalue weighted by molar-refractivity contribution is 6.02. The number of carbonyl (C=O) groups excluding carboxylic acids is 1. The van der Waals surface area contributed by atoms with Gasteiger partial charge in [-0.2, -0.15) is 0 Å². The Morgan fingerprint density at radius 3 is 2.88 bits per heavy atom. The number of nitrogen functional groups attached to an aromatic ring is 1. The van der Waals surface area contributed by atoms with Crippen molar-refractivity contribution in [1.82, 2.24) is 5.16 Å². The minimum absolute atomic E-state index is 0.239. The van der Waals surface area contributed by atoms with E-state index in [1.807, 2.05) is 19.1 Å². The fraction of sp³-hybridized carbons (Fsp3) is 0.167. The van der Waals surface area contributed by atoms with Crippen LogP contribution in [0.1, 0.15) is 23.0 Å². The molecule has 88 valence electrons. The molecule has 1 aromatic heterocycles. The number of hydrogen-bond donors (Lipinski definition) is 2. The Morgan fingerprint density at radius 2 is 2.29 bits per heavy atom. The number of aromatic nitrogens is 1. The van der Waals surface area contributed by atoms with Crippen LogP contribution >= 0.6 is 0 Å². The highest BCUT2D eigenvalue weighted by Gasteiger charge is 2.09. The van der Waals surface area contributed by atoms with Gasteiger partial charge in [-0.1, -0.05) is 18.1 Å². The van der Waals surface area contributed by atoms with Crippen LogP contribution in [0.4, 0.5) is 11.4 Å². The Balaban J connectivity index is 2.14. The number of rotatable bonds is 3.